The SMILES string of the molecule is Cc1ccccc1N(S(Cl)(Cl)CF)S(=O)(=O)N(C)C. The van der Waals surface area contributed by atoms with Gasteiger partial charge in [0.05, 0.1) is 5.69 Å². The third-order valence-electron chi connectivity index (χ3n) is 2.36. The molecule has 0 spiro atoms. The number of anilines is 1. The molecule has 0 aliphatic rings. The molecule has 1 aromatic rings. The third-order valence-corrected chi connectivity index (χ3v) is 7.98. The first-order valence-electron chi connectivity index (χ1n) is 5.19. The van der Waals surface area contributed by atoms with Gasteiger partial charge in [0.2, 0.25) is 0 Å². The number of para-hydroxylation sites is 1. The Balaban J connectivity index is 3.51. The highest BCUT2D eigenvalue weighted by Gasteiger charge is 2.39. The number of nitrogens with zero attached hydrogens (tertiary/aromatic N) is 2. The summed E-state index contributed by atoms with van der Waals surface area (Å²) in [7, 11) is 7.36. The van der Waals surface area contributed by atoms with Gasteiger partial charge in [-0.15, -0.1) is 0 Å². The molecule has 0 atom stereocenters. The van der Waals surface area contributed by atoms with Crippen molar-refractivity contribution in [2.24, 2.45) is 0 Å². The zero-order chi connectivity index (χ0) is 14.8. The van der Waals surface area contributed by atoms with Crippen molar-refractivity contribution in [2.45, 2.75) is 6.92 Å². The van der Waals surface area contributed by atoms with Gasteiger partial charge in [0.25, 0.3) is 0 Å². The van der Waals surface area contributed by atoms with E-state index in [1.807, 2.05) is 0 Å². The van der Waals surface area contributed by atoms with Crippen LogP contribution in [0.1, 0.15) is 5.56 Å². The van der Waals surface area contributed by atoms with E-state index in [0.29, 0.717) is 5.56 Å². The van der Waals surface area contributed by atoms with Gasteiger partial charge in [-0.3, -0.25) is 0 Å². The van der Waals surface area contributed by atoms with E-state index in [1.165, 1.54) is 14.1 Å². The smallest absolute Gasteiger partial charge is 0.237 e. The maximum absolute atomic E-state index is 13.1. The quantitative estimate of drug-likeness (QED) is 0.816. The first-order valence-corrected chi connectivity index (χ1v) is 10.00. The van der Waals surface area contributed by atoms with E-state index in [2.05, 4.69) is 0 Å². The largest absolute Gasteiger partial charge is 0.313 e. The molecule has 0 bridgehead atoms. The second-order valence-corrected chi connectivity index (χ2v) is 11.4. The van der Waals surface area contributed by atoms with Crippen LogP contribution in [0.5, 0.6) is 0 Å². The Hall–Kier alpha value is -0.210. The number of halogens is 3. The summed E-state index contributed by atoms with van der Waals surface area (Å²) in [6.07, 6.45) is 0. The standard InChI is InChI=1S/C10H15Cl2FN2O2S2/c1-9-6-4-5-7-10(9)15(18(11,12)8-13)19(16,17)14(2)3/h4-7H,8H2,1-3H3. The van der Waals surface area contributed by atoms with Crippen molar-refractivity contribution in [1.82, 2.24) is 4.31 Å². The Kier molecular flexibility index (Phi) is 5.36. The minimum Gasteiger partial charge on any atom is -0.237 e. The van der Waals surface area contributed by atoms with E-state index in [4.69, 9.17) is 21.4 Å². The van der Waals surface area contributed by atoms with Crippen LogP contribution in [0.4, 0.5) is 10.1 Å². The highest BCUT2D eigenvalue weighted by molar-refractivity contribution is 8.69. The summed E-state index contributed by atoms with van der Waals surface area (Å²) in [5, 5.41) is 0. The lowest BCUT2D eigenvalue weighted by Gasteiger charge is -2.38. The topological polar surface area (TPSA) is 40.6 Å². The van der Waals surface area contributed by atoms with Crippen molar-refractivity contribution in [3.8, 4) is 0 Å². The third kappa shape index (κ3) is 3.46. The van der Waals surface area contributed by atoms with E-state index in [-0.39, 0.29) is 5.69 Å². The van der Waals surface area contributed by atoms with Crippen LogP contribution in [0.3, 0.4) is 0 Å². The fraction of sp³-hybridized carbons (Fsp3) is 0.400. The molecule has 0 unspecified atom stereocenters. The Morgan fingerprint density at radius 1 is 1.21 bits per heavy atom. The van der Waals surface area contributed by atoms with Crippen LogP contribution in [0.2, 0.25) is 0 Å². The average Bonchev–Trinajstić information content (AvgIpc) is 2.31. The van der Waals surface area contributed by atoms with Gasteiger partial charge in [-0.1, -0.05) is 18.2 Å². The van der Waals surface area contributed by atoms with Gasteiger partial charge < -0.3 is 0 Å². The number of rotatable bonds is 5. The molecule has 110 valence electrons. The number of hydrogen-bond acceptors (Lipinski definition) is 2. The number of benzene rings is 1. The van der Waals surface area contributed by atoms with Gasteiger partial charge in [0, 0.05) is 22.7 Å². The van der Waals surface area contributed by atoms with Crippen LogP contribution in [0.15, 0.2) is 24.3 Å². The van der Waals surface area contributed by atoms with E-state index in [1.54, 1.807) is 31.2 Å². The highest BCUT2D eigenvalue weighted by Crippen LogP contribution is 2.64. The first-order chi connectivity index (χ1) is 8.64. The predicted molar refractivity (Wildman–Crippen MR) is 81.5 cm³/mol. The Bertz CT molecular complexity index is 552. The fourth-order valence-corrected chi connectivity index (χ4v) is 6.05. The van der Waals surface area contributed by atoms with Crippen molar-refractivity contribution in [3.63, 3.8) is 0 Å². The van der Waals surface area contributed by atoms with Crippen LogP contribution < -0.4 is 3.71 Å². The molecule has 19 heavy (non-hydrogen) atoms. The summed E-state index contributed by atoms with van der Waals surface area (Å²) in [6.45, 7) is 1.70. The minimum absolute atomic E-state index is 0.272. The lowest BCUT2D eigenvalue weighted by atomic mass is 10.2. The minimum atomic E-state index is -3.98. The molecular formula is C10H15Cl2FN2O2S2. The fourth-order valence-electron chi connectivity index (χ4n) is 1.37. The van der Waals surface area contributed by atoms with Crippen LogP contribution in [-0.2, 0) is 10.2 Å². The lowest BCUT2D eigenvalue weighted by molar-refractivity contribution is 0.522. The molecular weight excluding hydrogens is 334 g/mol. The second kappa shape index (κ2) is 6.05. The maximum atomic E-state index is 13.1. The summed E-state index contributed by atoms with van der Waals surface area (Å²) in [5.74, 6) is 0. The molecule has 0 heterocycles. The first kappa shape index (κ1) is 16.8. The molecule has 0 fully saturated rings. The van der Waals surface area contributed by atoms with Gasteiger partial charge in [0.1, 0.15) is 0 Å². The van der Waals surface area contributed by atoms with Crippen LogP contribution in [0.25, 0.3) is 0 Å². The average molecular weight is 349 g/mol. The van der Waals surface area contributed by atoms with E-state index < -0.39 is 24.9 Å². The molecule has 0 amide bonds. The molecule has 1 aromatic carbocycles. The Morgan fingerprint density at radius 2 is 1.74 bits per heavy atom. The molecule has 9 heteroatoms. The number of hydrogen-bond donors (Lipinski definition) is 0. The summed E-state index contributed by atoms with van der Waals surface area (Å²) in [4.78, 5) is 0. The molecule has 0 saturated heterocycles. The molecule has 0 aliphatic carbocycles. The van der Waals surface area contributed by atoms with Crippen molar-refractivity contribution >= 4 is 45.9 Å². The van der Waals surface area contributed by atoms with Crippen molar-refractivity contribution in [2.75, 3.05) is 23.8 Å². The van der Waals surface area contributed by atoms with Gasteiger partial charge in [-0.2, -0.15) is 16.4 Å². The molecule has 0 saturated carbocycles. The predicted octanol–water partition coefficient (Wildman–Crippen LogP) is 3.56. The normalized spacial score (nSPS) is 13.6. The summed E-state index contributed by atoms with van der Waals surface area (Å²) >= 11 is 0. The van der Waals surface area contributed by atoms with Crippen LogP contribution in [0, 0.1) is 6.92 Å². The highest BCUT2D eigenvalue weighted by atomic mass is 36.0. The molecule has 0 aliphatic heterocycles. The second-order valence-electron chi connectivity index (χ2n) is 3.96. The molecule has 1 rings (SSSR count). The zero-order valence-corrected chi connectivity index (χ0v) is 13.8. The summed E-state index contributed by atoms with van der Waals surface area (Å²) in [6, 6.07) is 5.47. The van der Waals surface area contributed by atoms with Gasteiger partial charge >= 0.3 is 10.2 Å². The summed E-state index contributed by atoms with van der Waals surface area (Å²) in [5.41, 5.74) is 0.911. The van der Waals surface area contributed by atoms with E-state index in [9.17, 15) is 12.8 Å². The maximum Gasteiger partial charge on any atom is 0.313 e. The van der Waals surface area contributed by atoms with Crippen LogP contribution >= 0.6 is 30.0 Å². The van der Waals surface area contributed by atoms with Crippen molar-refractivity contribution in [3.05, 3.63) is 29.8 Å². The van der Waals surface area contributed by atoms with Crippen molar-refractivity contribution in [1.29, 1.82) is 0 Å². The number of aryl methyl sites for hydroxylation is 1. The molecule has 0 radical (unpaired) electrons. The van der Waals surface area contributed by atoms with Gasteiger partial charge in [-0.05, 0) is 39.9 Å². The Labute approximate surface area is 123 Å². The number of alkyl halides is 1. The van der Waals surface area contributed by atoms with Gasteiger partial charge in [0.15, 0.2) is 6.01 Å². The molecule has 0 N–H and O–H groups in total. The van der Waals surface area contributed by atoms with E-state index >= 15 is 0 Å². The lowest BCUT2D eigenvalue weighted by Crippen LogP contribution is -2.39. The van der Waals surface area contributed by atoms with Crippen molar-refractivity contribution < 1.29 is 12.8 Å². The monoisotopic (exact) mass is 348 g/mol. The van der Waals surface area contributed by atoms with Gasteiger partial charge in [-0.25, -0.2) is 4.39 Å². The van der Waals surface area contributed by atoms with E-state index in [0.717, 1.165) is 8.02 Å². The van der Waals surface area contributed by atoms with Crippen LogP contribution in [-0.4, -0.2) is 32.8 Å². The zero-order valence-electron chi connectivity index (χ0n) is 10.7. The molecule has 4 nitrogen and oxygen atoms in total. The molecule has 0 aromatic heterocycles. The summed E-state index contributed by atoms with van der Waals surface area (Å²) < 4.78 is 39.4. The Morgan fingerprint density at radius 3 is 2.16 bits per heavy atom.